The van der Waals surface area contributed by atoms with Gasteiger partial charge in [0.1, 0.15) is 0 Å². The maximum absolute atomic E-state index is 11.5. The number of nitriles is 2. The molecule has 0 aliphatic rings. The van der Waals surface area contributed by atoms with Gasteiger partial charge in [0.05, 0.1) is 56.7 Å². The molecule has 0 N–H and O–H groups in total. The fourth-order valence-corrected chi connectivity index (χ4v) is 14.0. The minimum absolute atomic E-state index is 0.525. The van der Waals surface area contributed by atoms with E-state index in [2.05, 4.69) is 251 Å². The van der Waals surface area contributed by atoms with Crippen LogP contribution in [0.15, 0.2) is 152 Å². The van der Waals surface area contributed by atoms with Crippen molar-refractivity contribution in [1.29, 1.82) is 10.5 Å². The van der Waals surface area contributed by atoms with E-state index in [1.807, 2.05) is 12.1 Å². The minimum Gasteiger partial charge on any atom is -0.308 e. The van der Waals surface area contributed by atoms with Crippen molar-refractivity contribution in [3.05, 3.63) is 235 Å². The van der Waals surface area contributed by atoms with Crippen molar-refractivity contribution in [2.45, 2.75) is 90.0 Å². The van der Waals surface area contributed by atoms with Crippen molar-refractivity contribution in [1.82, 2.24) is 9.13 Å². The molecular weight excluding hydrogens is 957 g/mol. The van der Waals surface area contributed by atoms with Gasteiger partial charge in [0.2, 0.25) is 0 Å². The van der Waals surface area contributed by atoms with Gasteiger partial charge < -0.3 is 9.13 Å². The van der Waals surface area contributed by atoms with E-state index in [-0.39, 0.29) is 0 Å². The predicted molar refractivity (Wildman–Crippen MR) is 333 cm³/mol. The van der Waals surface area contributed by atoms with E-state index in [4.69, 9.17) is 0 Å². The lowest BCUT2D eigenvalue weighted by Gasteiger charge is -2.22. The lowest BCUT2D eigenvalue weighted by atomic mass is 9.92. The van der Waals surface area contributed by atoms with E-state index in [0.717, 1.165) is 93.9 Å². The standard InChI is InChI=1S/C75H64N4/c1-41-22-46(6)71(47(7)23-41)56-14-18-61-62-19-15-57(72-48(8)24-42(2)25-49(72)9)36-66(62)78(65(61)35-56)69-33-55(40-77)34-70(75(69)60-31-45(5)30-54(32-60)39-76)79-67-37-58(73-50(10)26-43(3)27-51(73)11)16-20-63(67)64-21-17-59(38-68(64)79)74-52(12)28-44(4)29-53(74)13/h14-38H,1-13H3. The summed E-state index contributed by atoms with van der Waals surface area (Å²) >= 11 is 0. The van der Waals surface area contributed by atoms with Crippen LogP contribution in [0, 0.1) is 113 Å². The Morgan fingerprint density at radius 1 is 0.253 bits per heavy atom. The normalized spacial score (nSPS) is 11.6. The van der Waals surface area contributed by atoms with Crippen molar-refractivity contribution in [2.24, 2.45) is 0 Å². The predicted octanol–water partition coefficient (Wildman–Crippen LogP) is 20.0. The molecule has 10 aromatic carbocycles. The van der Waals surface area contributed by atoms with Gasteiger partial charge in [-0.1, -0.05) is 125 Å². The lowest BCUT2D eigenvalue weighted by molar-refractivity contribution is 1.13. The third kappa shape index (κ3) is 8.43. The number of fused-ring (bicyclic) bond motifs is 6. The zero-order valence-electron chi connectivity index (χ0n) is 47.7. The molecule has 79 heavy (non-hydrogen) atoms. The number of aryl methyl sites for hydroxylation is 13. The first-order valence-corrected chi connectivity index (χ1v) is 27.5. The average Bonchev–Trinajstić information content (AvgIpc) is 3.91. The zero-order valence-corrected chi connectivity index (χ0v) is 47.7. The number of benzene rings is 10. The summed E-state index contributed by atoms with van der Waals surface area (Å²) in [7, 11) is 0. The van der Waals surface area contributed by atoms with Crippen LogP contribution in [0.25, 0.3) is 111 Å². The Kier molecular flexibility index (Phi) is 12.2. The fraction of sp³-hybridized carbons (Fsp3) is 0.173. The van der Waals surface area contributed by atoms with Crippen LogP contribution in [0.2, 0.25) is 0 Å². The van der Waals surface area contributed by atoms with Gasteiger partial charge in [0.15, 0.2) is 0 Å². The van der Waals surface area contributed by atoms with E-state index in [9.17, 15) is 10.5 Å². The largest absolute Gasteiger partial charge is 0.308 e. The van der Waals surface area contributed by atoms with E-state index in [0.29, 0.717) is 11.1 Å². The van der Waals surface area contributed by atoms with Crippen LogP contribution in [0.1, 0.15) is 83.5 Å². The van der Waals surface area contributed by atoms with Crippen molar-refractivity contribution >= 4 is 43.6 Å². The van der Waals surface area contributed by atoms with Crippen molar-refractivity contribution < 1.29 is 0 Å². The molecule has 0 saturated heterocycles. The Morgan fingerprint density at radius 3 is 0.772 bits per heavy atom. The first kappa shape index (κ1) is 50.6. The zero-order chi connectivity index (χ0) is 55.5. The summed E-state index contributed by atoms with van der Waals surface area (Å²) in [4.78, 5) is 0. The molecule has 0 spiro atoms. The second kappa shape index (κ2) is 19.1. The monoisotopic (exact) mass is 1020 g/mol. The molecule has 0 saturated carbocycles. The lowest BCUT2D eigenvalue weighted by Crippen LogP contribution is -2.06. The van der Waals surface area contributed by atoms with Gasteiger partial charge in [-0.25, -0.2) is 0 Å². The molecule has 0 radical (unpaired) electrons. The van der Waals surface area contributed by atoms with Crippen molar-refractivity contribution in [3.8, 4) is 79.1 Å². The molecule has 4 heteroatoms. The Bertz CT molecular complexity index is 4120. The van der Waals surface area contributed by atoms with Crippen LogP contribution in [-0.4, -0.2) is 9.13 Å². The highest BCUT2D eigenvalue weighted by atomic mass is 15.0. The Morgan fingerprint density at radius 2 is 0.506 bits per heavy atom. The highest BCUT2D eigenvalue weighted by molar-refractivity contribution is 6.14. The molecule has 384 valence electrons. The molecular formula is C75H64N4. The van der Waals surface area contributed by atoms with Gasteiger partial charge in [-0.2, -0.15) is 10.5 Å². The molecule has 0 aliphatic carbocycles. The van der Waals surface area contributed by atoms with Gasteiger partial charge in [0.25, 0.3) is 0 Å². The van der Waals surface area contributed by atoms with Crippen LogP contribution < -0.4 is 0 Å². The fourth-order valence-electron chi connectivity index (χ4n) is 14.0. The maximum Gasteiger partial charge on any atom is 0.0993 e. The molecule has 0 fully saturated rings. The van der Waals surface area contributed by atoms with E-state index in [1.165, 1.54) is 89.0 Å². The molecule has 2 heterocycles. The third-order valence-corrected chi connectivity index (χ3v) is 16.6. The summed E-state index contributed by atoms with van der Waals surface area (Å²) in [5.74, 6) is 0. The van der Waals surface area contributed by atoms with Crippen molar-refractivity contribution in [3.63, 3.8) is 0 Å². The number of aromatic nitrogens is 2. The molecule has 0 amide bonds. The smallest absolute Gasteiger partial charge is 0.0993 e. The first-order chi connectivity index (χ1) is 37.9. The summed E-state index contributed by atoms with van der Waals surface area (Å²) in [6.45, 7) is 28.4. The Balaban J connectivity index is 1.29. The second-order valence-electron chi connectivity index (χ2n) is 22.9. The minimum atomic E-state index is 0.525. The third-order valence-electron chi connectivity index (χ3n) is 16.6. The molecule has 12 rings (SSSR count). The van der Waals surface area contributed by atoms with Gasteiger partial charge in [-0.05, 0) is 239 Å². The highest BCUT2D eigenvalue weighted by Crippen LogP contribution is 2.47. The van der Waals surface area contributed by atoms with Crippen LogP contribution in [-0.2, 0) is 0 Å². The summed E-state index contributed by atoms with van der Waals surface area (Å²) in [6, 6.07) is 61.5. The van der Waals surface area contributed by atoms with Gasteiger partial charge in [-0.3, -0.25) is 0 Å². The number of nitrogens with zero attached hydrogens (tertiary/aromatic N) is 4. The van der Waals surface area contributed by atoms with Crippen LogP contribution in [0.4, 0.5) is 0 Å². The van der Waals surface area contributed by atoms with Crippen molar-refractivity contribution in [2.75, 3.05) is 0 Å². The molecule has 0 unspecified atom stereocenters. The Hall–Kier alpha value is -9.22. The topological polar surface area (TPSA) is 57.4 Å². The summed E-state index contributed by atoms with van der Waals surface area (Å²) < 4.78 is 4.85. The quantitative estimate of drug-likeness (QED) is 0.160. The number of rotatable bonds is 7. The summed E-state index contributed by atoms with van der Waals surface area (Å²) in [5, 5.41) is 26.7. The molecule has 0 bridgehead atoms. The highest BCUT2D eigenvalue weighted by Gasteiger charge is 2.26. The Labute approximate surface area is 465 Å². The molecule has 12 aromatic rings. The van der Waals surface area contributed by atoms with Gasteiger partial charge in [0, 0.05) is 27.1 Å². The van der Waals surface area contributed by atoms with Crippen LogP contribution in [0.5, 0.6) is 0 Å². The van der Waals surface area contributed by atoms with E-state index < -0.39 is 0 Å². The molecule has 2 aromatic heterocycles. The molecule has 0 aliphatic heterocycles. The first-order valence-electron chi connectivity index (χ1n) is 27.5. The summed E-state index contributed by atoms with van der Waals surface area (Å²) in [5.41, 5.74) is 33.8. The van der Waals surface area contributed by atoms with Gasteiger partial charge in [-0.15, -0.1) is 0 Å². The maximum atomic E-state index is 11.5. The summed E-state index contributed by atoms with van der Waals surface area (Å²) in [6.07, 6.45) is 0. The average molecular weight is 1020 g/mol. The van der Waals surface area contributed by atoms with Gasteiger partial charge >= 0.3 is 0 Å². The van der Waals surface area contributed by atoms with Crippen LogP contribution in [0.3, 0.4) is 0 Å². The second-order valence-corrected chi connectivity index (χ2v) is 22.9. The van der Waals surface area contributed by atoms with Crippen LogP contribution >= 0.6 is 0 Å². The molecule has 4 nitrogen and oxygen atoms in total. The molecule has 0 atom stereocenters. The SMILES string of the molecule is Cc1cc(C#N)cc(-c2c(-n3c4cc(-c5c(C)cc(C)cc5C)ccc4c4ccc(-c5c(C)cc(C)cc5C)cc43)cc(C#N)cc2-n2c3cc(-c4c(C)cc(C)cc4C)ccc3c3ccc(-c4c(C)cc(C)cc4C)cc32)c1. The van der Waals surface area contributed by atoms with E-state index in [1.54, 1.807) is 0 Å². The number of hydrogen-bond donors (Lipinski definition) is 0. The number of hydrogen-bond acceptors (Lipinski definition) is 2. The van der Waals surface area contributed by atoms with E-state index >= 15 is 0 Å².